The third kappa shape index (κ3) is 4.02. The molecule has 1 aliphatic heterocycles. The summed E-state index contributed by atoms with van der Waals surface area (Å²) < 4.78 is 0. The van der Waals surface area contributed by atoms with Crippen molar-refractivity contribution in [1.82, 2.24) is 20.2 Å². The molecule has 8 heteroatoms. The molecule has 1 fully saturated rings. The Morgan fingerprint density at radius 2 is 2.26 bits per heavy atom. The van der Waals surface area contributed by atoms with Gasteiger partial charge in [-0.2, -0.15) is 0 Å². The molecule has 138 valence electrons. The molecule has 7 nitrogen and oxygen atoms in total. The summed E-state index contributed by atoms with van der Waals surface area (Å²) in [6.07, 6.45) is 3.70. The second-order valence-electron chi connectivity index (χ2n) is 6.43. The zero-order valence-electron chi connectivity index (χ0n) is 14.6. The Morgan fingerprint density at radius 3 is 3.07 bits per heavy atom. The SMILES string of the molecule is O=[N+]([O-])c1cccc(-c2nc(CN3CCNCC3c3cccnc3)cs2)c1. The number of aromatic nitrogens is 2. The van der Waals surface area contributed by atoms with Crippen molar-refractivity contribution in [2.24, 2.45) is 0 Å². The first-order valence-corrected chi connectivity index (χ1v) is 9.62. The van der Waals surface area contributed by atoms with Crippen LogP contribution in [0.1, 0.15) is 17.3 Å². The van der Waals surface area contributed by atoms with Crippen molar-refractivity contribution in [3.8, 4) is 10.6 Å². The van der Waals surface area contributed by atoms with E-state index in [4.69, 9.17) is 4.98 Å². The Hall–Kier alpha value is -2.68. The highest BCUT2D eigenvalue weighted by molar-refractivity contribution is 7.13. The van der Waals surface area contributed by atoms with Gasteiger partial charge in [0.05, 0.1) is 10.6 Å². The summed E-state index contributed by atoms with van der Waals surface area (Å²) in [5, 5.41) is 17.3. The molecule has 0 saturated carbocycles. The van der Waals surface area contributed by atoms with Gasteiger partial charge < -0.3 is 5.32 Å². The number of nitrogens with one attached hydrogen (secondary N) is 1. The number of rotatable bonds is 5. The maximum atomic E-state index is 11.0. The van der Waals surface area contributed by atoms with Gasteiger partial charge in [0.15, 0.2) is 0 Å². The van der Waals surface area contributed by atoms with Gasteiger partial charge in [-0.05, 0) is 11.6 Å². The zero-order valence-corrected chi connectivity index (χ0v) is 15.4. The van der Waals surface area contributed by atoms with E-state index in [0.717, 1.165) is 42.4 Å². The van der Waals surface area contributed by atoms with Crippen molar-refractivity contribution >= 4 is 17.0 Å². The molecule has 1 unspecified atom stereocenters. The van der Waals surface area contributed by atoms with Gasteiger partial charge in [0.1, 0.15) is 5.01 Å². The van der Waals surface area contributed by atoms with Crippen molar-refractivity contribution in [3.63, 3.8) is 0 Å². The number of non-ortho nitro benzene ring substituents is 1. The lowest BCUT2D eigenvalue weighted by Crippen LogP contribution is -2.45. The molecule has 3 aromatic rings. The Morgan fingerprint density at radius 1 is 1.33 bits per heavy atom. The van der Waals surface area contributed by atoms with E-state index in [9.17, 15) is 10.1 Å². The predicted octanol–water partition coefficient (Wildman–Crippen LogP) is 3.26. The predicted molar refractivity (Wildman–Crippen MR) is 104 cm³/mol. The van der Waals surface area contributed by atoms with E-state index in [-0.39, 0.29) is 16.7 Å². The van der Waals surface area contributed by atoms with Crippen LogP contribution in [-0.4, -0.2) is 39.4 Å². The van der Waals surface area contributed by atoms with Gasteiger partial charge >= 0.3 is 0 Å². The van der Waals surface area contributed by atoms with Crippen LogP contribution in [0.25, 0.3) is 10.6 Å². The highest BCUT2D eigenvalue weighted by Crippen LogP contribution is 2.29. The number of nitrogens with zero attached hydrogens (tertiary/aromatic N) is 4. The number of nitro groups is 1. The van der Waals surface area contributed by atoms with Crippen LogP contribution in [0.2, 0.25) is 0 Å². The van der Waals surface area contributed by atoms with Gasteiger partial charge in [-0.15, -0.1) is 11.3 Å². The fraction of sp³-hybridized carbons (Fsp3) is 0.263. The number of nitro benzene ring substituents is 1. The molecule has 0 aliphatic carbocycles. The van der Waals surface area contributed by atoms with Gasteiger partial charge in [-0.3, -0.25) is 20.0 Å². The number of hydrogen-bond acceptors (Lipinski definition) is 7. The molecule has 27 heavy (non-hydrogen) atoms. The van der Waals surface area contributed by atoms with Crippen LogP contribution in [0.15, 0.2) is 54.2 Å². The Bertz CT molecular complexity index is 931. The van der Waals surface area contributed by atoms with Crippen molar-refractivity contribution in [1.29, 1.82) is 0 Å². The molecule has 0 radical (unpaired) electrons. The molecule has 1 aromatic carbocycles. The molecule has 3 heterocycles. The Balaban J connectivity index is 1.53. The lowest BCUT2D eigenvalue weighted by molar-refractivity contribution is -0.384. The number of benzene rings is 1. The van der Waals surface area contributed by atoms with Crippen molar-refractivity contribution in [2.45, 2.75) is 12.6 Å². The minimum absolute atomic E-state index is 0.0861. The molecule has 1 aliphatic rings. The molecule has 4 rings (SSSR count). The van der Waals surface area contributed by atoms with E-state index in [1.54, 1.807) is 18.3 Å². The lowest BCUT2D eigenvalue weighted by Gasteiger charge is -2.35. The van der Waals surface area contributed by atoms with Gasteiger partial charge in [0.2, 0.25) is 0 Å². The smallest absolute Gasteiger partial charge is 0.270 e. The number of piperazine rings is 1. The minimum atomic E-state index is -0.378. The molecule has 0 amide bonds. The quantitative estimate of drug-likeness (QED) is 0.539. The second kappa shape index (κ2) is 7.91. The van der Waals surface area contributed by atoms with E-state index >= 15 is 0 Å². The van der Waals surface area contributed by atoms with Gasteiger partial charge in [-0.25, -0.2) is 4.98 Å². The van der Waals surface area contributed by atoms with Gasteiger partial charge in [0.25, 0.3) is 5.69 Å². The maximum Gasteiger partial charge on any atom is 0.270 e. The first-order valence-electron chi connectivity index (χ1n) is 8.74. The highest BCUT2D eigenvalue weighted by atomic mass is 32.1. The van der Waals surface area contributed by atoms with Crippen LogP contribution in [0.3, 0.4) is 0 Å². The van der Waals surface area contributed by atoms with Crippen molar-refractivity contribution in [3.05, 3.63) is 75.5 Å². The van der Waals surface area contributed by atoms with Gasteiger partial charge in [-0.1, -0.05) is 18.2 Å². The van der Waals surface area contributed by atoms with Crippen LogP contribution >= 0.6 is 11.3 Å². The first-order chi connectivity index (χ1) is 13.2. The lowest BCUT2D eigenvalue weighted by atomic mass is 10.1. The van der Waals surface area contributed by atoms with Crippen LogP contribution in [0.5, 0.6) is 0 Å². The minimum Gasteiger partial charge on any atom is -0.314 e. The molecule has 1 N–H and O–H groups in total. The van der Waals surface area contributed by atoms with E-state index < -0.39 is 0 Å². The second-order valence-corrected chi connectivity index (χ2v) is 7.29. The topological polar surface area (TPSA) is 84.2 Å². The van der Waals surface area contributed by atoms with Crippen molar-refractivity contribution < 1.29 is 4.92 Å². The molecule has 1 saturated heterocycles. The summed E-state index contributed by atoms with van der Waals surface area (Å²) >= 11 is 1.52. The van der Waals surface area contributed by atoms with E-state index in [0.29, 0.717) is 0 Å². The summed E-state index contributed by atoms with van der Waals surface area (Å²) in [7, 11) is 0. The summed E-state index contributed by atoms with van der Waals surface area (Å²) in [5.41, 5.74) is 3.05. The average molecular weight is 381 g/mol. The average Bonchev–Trinajstić information content (AvgIpc) is 3.18. The van der Waals surface area contributed by atoms with E-state index in [1.165, 1.54) is 23.0 Å². The maximum absolute atomic E-state index is 11.0. The van der Waals surface area contributed by atoms with Gasteiger partial charge in [0, 0.05) is 67.7 Å². The first kappa shape index (κ1) is 17.7. The molecular weight excluding hydrogens is 362 g/mol. The molecule has 0 spiro atoms. The van der Waals surface area contributed by atoms with Crippen LogP contribution in [0.4, 0.5) is 5.69 Å². The van der Waals surface area contributed by atoms with E-state index in [2.05, 4.69) is 21.3 Å². The summed E-state index contributed by atoms with van der Waals surface area (Å²) in [4.78, 5) is 22.0. The molecule has 0 bridgehead atoms. The number of pyridine rings is 1. The molecule has 1 atom stereocenters. The largest absolute Gasteiger partial charge is 0.314 e. The van der Waals surface area contributed by atoms with Crippen LogP contribution in [0, 0.1) is 10.1 Å². The summed E-state index contributed by atoms with van der Waals surface area (Å²) in [5.74, 6) is 0. The summed E-state index contributed by atoms with van der Waals surface area (Å²) in [6.45, 7) is 3.50. The third-order valence-electron chi connectivity index (χ3n) is 4.64. The highest BCUT2D eigenvalue weighted by Gasteiger charge is 2.24. The van der Waals surface area contributed by atoms with E-state index in [1.807, 2.05) is 23.7 Å². The number of thiazole rings is 1. The normalized spacial score (nSPS) is 17.7. The molecule has 2 aromatic heterocycles. The number of hydrogen-bond donors (Lipinski definition) is 1. The zero-order chi connectivity index (χ0) is 18.6. The standard InChI is InChI=1S/C19H19N5O2S/c25-24(26)17-5-1-3-14(9-17)19-22-16(13-27-19)12-23-8-7-21-11-18(23)15-4-2-6-20-10-15/h1-6,9-10,13,18,21H,7-8,11-12H2. The van der Waals surface area contributed by atoms with Crippen molar-refractivity contribution in [2.75, 3.05) is 19.6 Å². The Labute approximate surface area is 160 Å². The molecular formula is C19H19N5O2S. The van der Waals surface area contributed by atoms with Crippen LogP contribution in [-0.2, 0) is 6.54 Å². The Kier molecular flexibility index (Phi) is 5.19. The fourth-order valence-corrected chi connectivity index (χ4v) is 4.12. The summed E-state index contributed by atoms with van der Waals surface area (Å²) in [6, 6.07) is 11.0. The fourth-order valence-electron chi connectivity index (χ4n) is 3.31. The monoisotopic (exact) mass is 381 g/mol. The van der Waals surface area contributed by atoms with Crippen LogP contribution < -0.4 is 5.32 Å². The third-order valence-corrected chi connectivity index (χ3v) is 5.58.